The summed E-state index contributed by atoms with van der Waals surface area (Å²) in [4.78, 5) is 24.4. The van der Waals surface area contributed by atoms with Gasteiger partial charge in [0.25, 0.3) is 0 Å². The molecule has 1 unspecified atom stereocenters. The lowest BCUT2D eigenvalue weighted by molar-refractivity contribution is -0.160. The smallest absolute Gasteiger partial charge is 0.178 e. The van der Waals surface area contributed by atoms with Crippen LogP contribution in [0.3, 0.4) is 0 Å². The summed E-state index contributed by atoms with van der Waals surface area (Å²) in [5.41, 5.74) is -0.999. The van der Waals surface area contributed by atoms with Gasteiger partial charge in [-0.2, -0.15) is 0 Å². The van der Waals surface area contributed by atoms with Crippen LogP contribution in [0.4, 0.5) is 0 Å². The molecule has 0 aromatic carbocycles. The number of allylic oxidation sites excluding steroid dienone is 2. The molecule has 0 aromatic rings. The zero-order valence-corrected chi connectivity index (χ0v) is 16.0. The van der Waals surface area contributed by atoms with Gasteiger partial charge in [0.05, 0.1) is 6.10 Å². The van der Waals surface area contributed by atoms with Gasteiger partial charge in [-0.25, -0.2) is 0 Å². The molecule has 1 N–H and O–H groups in total. The van der Waals surface area contributed by atoms with Crippen LogP contribution >= 0.6 is 0 Å². The molecule has 140 valence electrons. The van der Waals surface area contributed by atoms with Gasteiger partial charge in [-0.05, 0) is 69.4 Å². The predicted octanol–water partition coefficient (Wildman–Crippen LogP) is 2.99. The van der Waals surface area contributed by atoms with Crippen LogP contribution in [0, 0.1) is 28.6 Å². The monoisotopic (exact) mass is 356 g/mol. The lowest BCUT2D eigenvalue weighted by Crippen LogP contribution is -2.61. The molecule has 5 rings (SSSR count). The predicted molar refractivity (Wildman–Crippen MR) is 96.3 cm³/mol. The van der Waals surface area contributed by atoms with E-state index in [1.807, 2.05) is 6.92 Å². The van der Waals surface area contributed by atoms with E-state index in [0.717, 1.165) is 25.7 Å². The third kappa shape index (κ3) is 1.53. The van der Waals surface area contributed by atoms with Crippen LogP contribution in [0.5, 0.6) is 0 Å². The van der Waals surface area contributed by atoms with Gasteiger partial charge < -0.3 is 9.84 Å². The summed E-state index contributed by atoms with van der Waals surface area (Å²) >= 11 is 0. The van der Waals surface area contributed by atoms with Crippen LogP contribution in [0.15, 0.2) is 23.8 Å². The van der Waals surface area contributed by atoms with Gasteiger partial charge in [0.15, 0.2) is 11.6 Å². The molecule has 1 saturated heterocycles. The van der Waals surface area contributed by atoms with Crippen LogP contribution < -0.4 is 0 Å². The van der Waals surface area contributed by atoms with Crippen molar-refractivity contribution >= 4 is 11.6 Å². The number of carbonyl (C=O) groups excluding carboxylic acids is 2. The van der Waals surface area contributed by atoms with Crippen molar-refractivity contribution in [3.05, 3.63) is 23.8 Å². The molecule has 0 bridgehead atoms. The van der Waals surface area contributed by atoms with Crippen molar-refractivity contribution in [1.29, 1.82) is 0 Å². The van der Waals surface area contributed by atoms with Gasteiger partial charge in [0.1, 0.15) is 11.2 Å². The van der Waals surface area contributed by atoms with Crippen LogP contribution in [0.25, 0.3) is 0 Å². The lowest BCUT2D eigenvalue weighted by atomic mass is 9.47. The lowest BCUT2D eigenvalue weighted by Gasteiger charge is -2.55. The van der Waals surface area contributed by atoms with E-state index in [4.69, 9.17) is 4.74 Å². The van der Waals surface area contributed by atoms with E-state index in [1.165, 1.54) is 12.5 Å². The molecule has 4 fully saturated rings. The second-order valence-corrected chi connectivity index (χ2v) is 9.84. The standard InChI is InChI=1S/C22H28O4/c1-12-9-17-16-6-5-14-10-15(24)7-8-19(14,3)22(16)18(26-22)11-20(17,4)21(12,25)13(2)23/h7-8,10,12,16-18,25H,5-6,9,11H2,1-4H3/t12-,16?,17+,18-,19+,20+,21+,22+/m1/s1. The summed E-state index contributed by atoms with van der Waals surface area (Å²) in [6, 6.07) is 0. The number of carbonyl (C=O) groups is 2. The molecule has 4 aliphatic carbocycles. The van der Waals surface area contributed by atoms with Gasteiger partial charge in [0, 0.05) is 10.8 Å². The van der Waals surface area contributed by atoms with Gasteiger partial charge in [-0.1, -0.05) is 25.5 Å². The van der Waals surface area contributed by atoms with Crippen LogP contribution in [-0.2, 0) is 14.3 Å². The number of hydrogen-bond acceptors (Lipinski definition) is 4. The second kappa shape index (κ2) is 4.59. The van der Waals surface area contributed by atoms with Crippen molar-refractivity contribution in [2.24, 2.45) is 28.6 Å². The van der Waals surface area contributed by atoms with Gasteiger partial charge in [-0.3, -0.25) is 9.59 Å². The normalized spacial score (nSPS) is 56.8. The molecule has 3 saturated carbocycles. The van der Waals surface area contributed by atoms with Crippen molar-refractivity contribution < 1.29 is 19.4 Å². The largest absolute Gasteiger partial charge is 0.381 e. The maximum absolute atomic E-state index is 12.5. The molecule has 8 atom stereocenters. The molecular weight excluding hydrogens is 328 g/mol. The van der Waals surface area contributed by atoms with Gasteiger partial charge >= 0.3 is 0 Å². The van der Waals surface area contributed by atoms with Crippen molar-refractivity contribution in [3.8, 4) is 0 Å². The van der Waals surface area contributed by atoms with E-state index < -0.39 is 11.0 Å². The Hall–Kier alpha value is -1.26. The molecule has 4 heteroatoms. The summed E-state index contributed by atoms with van der Waals surface area (Å²) in [5, 5.41) is 11.5. The fraction of sp³-hybridized carbons (Fsp3) is 0.727. The Morgan fingerprint density at radius 3 is 2.73 bits per heavy atom. The number of hydrogen-bond donors (Lipinski definition) is 1. The van der Waals surface area contributed by atoms with Gasteiger partial charge in [0.2, 0.25) is 0 Å². The number of fused-ring (bicyclic) bond motifs is 3. The van der Waals surface area contributed by atoms with Gasteiger partial charge in [-0.15, -0.1) is 0 Å². The molecular formula is C22H28O4. The number of Topliss-reactive ketones (excluding diaryl/α,β-unsaturated/α-hetero) is 1. The van der Waals surface area contributed by atoms with Crippen molar-refractivity contribution in [1.82, 2.24) is 0 Å². The van der Waals surface area contributed by atoms with Crippen LogP contribution in [-0.4, -0.2) is 34.0 Å². The molecule has 5 aliphatic rings. The first-order valence-electron chi connectivity index (χ1n) is 9.97. The summed E-state index contributed by atoms with van der Waals surface area (Å²) in [7, 11) is 0. The third-order valence-corrected chi connectivity index (χ3v) is 9.05. The zero-order chi connectivity index (χ0) is 18.7. The Labute approximate surface area is 154 Å². The number of epoxide rings is 1. The minimum atomic E-state index is -1.26. The van der Waals surface area contributed by atoms with Crippen LogP contribution in [0.2, 0.25) is 0 Å². The Morgan fingerprint density at radius 2 is 2.04 bits per heavy atom. The highest BCUT2D eigenvalue weighted by atomic mass is 16.6. The van der Waals surface area contributed by atoms with Crippen molar-refractivity contribution in [2.75, 3.05) is 0 Å². The van der Waals surface area contributed by atoms with E-state index in [1.54, 1.807) is 12.2 Å². The minimum Gasteiger partial charge on any atom is -0.381 e. The number of ether oxygens (including phenoxy) is 1. The summed E-state index contributed by atoms with van der Waals surface area (Å²) < 4.78 is 6.46. The second-order valence-electron chi connectivity index (χ2n) is 9.84. The number of ketones is 2. The minimum absolute atomic E-state index is 0.0298. The molecule has 1 heterocycles. The number of aliphatic hydroxyl groups is 1. The van der Waals surface area contributed by atoms with Crippen molar-refractivity contribution in [3.63, 3.8) is 0 Å². The first-order chi connectivity index (χ1) is 12.1. The van der Waals surface area contributed by atoms with E-state index in [-0.39, 0.29) is 40.5 Å². The molecule has 1 spiro atoms. The Kier molecular flexibility index (Phi) is 2.98. The highest BCUT2D eigenvalue weighted by Crippen LogP contribution is 2.76. The average molecular weight is 356 g/mol. The number of rotatable bonds is 1. The molecule has 4 nitrogen and oxygen atoms in total. The Morgan fingerprint density at radius 1 is 1.31 bits per heavy atom. The van der Waals surface area contributed by atoms with E-state index in [0.29, 0.717) is 5.92 Å². The zero-order valence-electron chi connectivity index (χ0n) is 16.0. The average Bonchev–Trinajstić information content (AvgIpc) is 3.25. The molecule has 0 radical (unpaired) electrons. The third-order valence-electron chi connectivity index (χ3n) is 9.05. The fourth-order valence-corrected chi connectivity index (χ4v) is 7.73. The van der Waals surface area contributed by atoms with E-state index >= 15 is 0 Å². The molecule has 0 aromatic heterocycles. The molecule has 1 aliphatic heterocycles. The Bertz CT molecular complexity index is 796. The highest BCUT2D eigenvalue weighted by Gasteiger charge is 2.81. The fourth-order valence-electron chi connectivity index (χ4n) is 7.73. The topological polar surface area (TPSA) is 66.9 Å². The maximum Gasteiger partial charge on any atom is 0.178 e. The first kappa shape index (κ1) is 16.9. The van der Waals surface area contributed by atoms with E-state index in [9.17, 15) is 14.7 Å². The maximum atomic E-state index is 12.5. The molecule has 26 heavy (non-hydrogen) atoms. The summed E-state index contributed by atoms with van der Waals surface area (Å²) in [6.07, 6.45) is 9.07. The van der Waals surface area contributed by atoms with E-state index in [2.05, 4.69) is 19.9 Å². The first-order valence-corrected chi connectivity index (χ1v) is 9.97. The van der Waals surface area contributed by atoms with Crippen LogP contribution in [0.1, 0.15) is 53.4 Å². The molecule has 0 amide bonds. The highest BCUT2D eigenvalue weighted by molar-refractivity contribution is 6.01. The SMILES string of the molecule is CC(=O)[C@@]1(O)[C@H](C)C[C@H]2C3CCC4=CC(=O)C=C[C@]4(C)[C@]34O[C@@H]4C[C@@]21C. The summed E-state index contributed by atoms with van der Waals surface area (Å²) in [5.74, 6) is 0.536. The quantitative estimate of drug-likeness (QED) is 0.734. The summed E-state index contributed by atoms with van der Waals surface area (Å²) in [6.45, 7) is 7.89. The van der Waals surface area contributed by atoms with Crippen molar-refractivity contribution in [2.45, 2.75) is 70.7 Å². The Balaban J connectivity index is 1.62.